The van der Waals surface area contributed by atoms with E-state index in [0.717, 1.165) is 28.1 Å². The van der Waals surface area contributed by atoms with Gasteiger partial charge in [0.15, 0.2) is 0 Å². The molecule has 2 aromatic carbocycles. The Hall–Kier alpha value is -3.08. The maximum Gasteiger partial charge on any atom is 0.268 e. The number of nitrogens with one attached hydrogen (secondary N) is 2. The van der Waals surface area contributed by atoms with Gasteiger partial charge in [-0.1, -0.05) is 26.0 Å². The summed E-state index contributed by atoms with van der Waals surface area (Å²) in [5, 5.41) is 2.95. The molecule has 2 N–H and O–H groups in total. The summed E-state index contributed by atoms with van der Waals surface area (Å²) in [7, 11) is 1.61. The monoisotopic (exact) mass is 366 g/mol. The molecule has 0 aliphatic heterocycles. The molecule has 0 saturated carbocycles. The van der Waals surface area contributed by atoms with Crippen LogP contribution in [0.5, 0.6) is 5.75 Å². The first kappa shape index (κ1) is 18.7. The minimum atomic E-state index is -0.296. The molecule has 0 aliphatic rings. The van der Waals surface area contributed by atoms with E-state index in [1.807, 2.05) is 44.2 Å². The summed E-state index contributed by atoms with van der Waals surface area (Å²) in [5.74, 6) is 0.641. The van der Waals surface area contributed by atoms with Crippen molar-refractivity contribution in [3.63, 3.8) is 0 Å². The number of aromatic nitrogens is 1. The molecule has 1 aromatic heterocycles. The topological polar surface area (TPSA) is 54.1 Å². The second-order valence-electron chi connectivity index (χ2n) is 6.81. The number of methoxy groups -OCH3 is 1. The van der Waals surface area contributed by atoms with Crippen LogP contribution >= 0.6 is 0 Å². The van der Waals surface area contributed by atoms with Gasteiger partial charge in [0.1, 0.15) is 17.3 Å². The van der Waals surface area contributed by atoms with Crippen molar-refractivity contribution in [1.82, 2.24) is 10.3 Å². The van der Waals surface area contributed by atoms with Gasteiger partial charge in [0, 0.05) is 17.8 Å². The van der Waals surface area contributed by atoms with Gasteiger partial charge >= 0.3 is 0 Å². The molecule has 3 aromatic rings. The summed E-state index contributed by atoms with van der Waals surface area (Å²) >= 11 is 0. The first-order valence-corrected chi connectivity index (χ1v) is 8.89. The molecule has 5 heteroatoms. The van der Waals surface area contributed by atoms with Crippen molar-refractivity contribution in [2.24, 2.45) is 5.92 Å². The first-order valence-electron chi connectivity index (χ1n) is 8.89. The Bertz CT molecular complexity index is 912. The van der Waals surface area contributed by atoms with Gasteiger partial charge in [-0.15, -0.1) is 0 Å². The highest BCUT2D eigenvalue weighted by atomic mass is 19.1. The molecule has 1 amide bonds. The van der Waals surface area contributed by atoms with Crippen LogP contribution in [0.25, 0.3) is 22.4 Å². The molecule has 0 bridgehead atoms. The predicted octanol–water partition coefficient (Wildman–Crippen LogP) is 4.88. The van der Waals surface area contributed by atoms with Gasteiger partial charge < -0.3 is 15.0 Å². The lowest BCUT2D eigenvalue weighted by Crippen LogP contribution is -2.28. The van der Waals surface area contributed by atoms with Crippen LogP contribution < -0.4 is 10.1 Å². The van der Waals surface area contributed by atoms with Gasteiger partial charge in [-0.25, -0.2) is 4.39 Å². The zero-order chi connectivity index (χ0) is 19.4. The third-order valence-corrected chi connectivity index (χ3v) is 4.27. The molecule has 0 atom stereocenters. The van der Waals surface area contributed by atoms with Crippen LogP contribution in [-0.4, -0.2) is 24.5 Å². The van der Waals surface area contributed by atoms with Gasteiger partial charge in [0.2, 0.25) is 0 Å². The van der Waals surface area contributed by atoms with Gasteiger partial charge in [0.05, 0.1) is 7.11 Å². The fourth-order valence-corrected chi connectivity index (χ4v) is 2.80. The minimum Gasteiger partial charge on any atom is -0.497 e. The molecule has 4 nitrogen and oxygen atoms in total. The normalized spacial score (nSPS) is 10.9. The van der Waals surface area contributed by atoms with Crippen molar-refractivity contribution >= 4 is 5.91 Å². The van der Waals surface area contributed by atoms with Gasteiger partial charge in [-0.3, -0.25) is 4.79 Å². The molecular weight excluding hydrogens is 343 g/mol. The Morgan fingerprint density at radius 3 is 2.30 bits per heavy atom. The number of hydrogen-bond acceptors (Lipinski definition) is 2. The summed E-state index contributed by atoms with van der Waals surface area (Å²) in [6, 6.07) is 15.6. The lowest BCUT2D eigenvalue weighted by molar-refractivity contribution is 0.0945. The lowest BCUT2D eigenvalue weighted by Gasteiger charge is -2.09. The van der Waals surface area contributed by atoms with E-state index in [1.54, 1.807) is 19.2 Å². The average molecular weight is 366 g/mol. The maximum atomic E-state index is 13.2. The number of aromatic amines is 1. The maximum absolute atomic E-state index is 13.2. The summed E-state index contributed by atoms with van der Waals surface area (Å²) in [6.07, 6.45) is 0. The van der Waals surface area contributed by atoms with Crippen LogP contribution in [0, 0.1) is 11.7 Å². The number of rotatable bonds is 6. The number of carbonyl (C=O) groups is 1. The van der Waals surface area contributed by atoms with Crippen LogP contribution in [0.3, 0.4) is 0 Å². The zero-order valence-corrected chi connectivity index (χ0v) is 15.7. The molecule has 27 heavy (non-hydrogen) atoms. The SMILES string of the molecule is COc1ccc(-c2cc(-c3ccc(F)cc3)[nH]c2C(=O)NCC(C)C)cc1. The quantitative estimate of drug-likeness (QED) is 0.653. The zero-order valence-electron chi connectivity index (χ0n) is 15.7. The van der Waals surface area contributed by atoms with Crippen molar-refractivity contribution < 1.29 is 13.9 Å². The lowest BCUT2D eigenvalue weighted by atomic mass is 10.0. The number of carbonyl (C=O) groups excluding carboxylic acids is 1. The second-order valence-corrected chi connectivity index (χ2v) is 6.81. The van der Waals surface area contributed by atoms with Crippen molar-refractivity contribution in [2.75, 3.05) is 13.7 Å². The van der Waals surface area contributed by atoms with Crippen molar-refractivity contribution in [3.05, 3.63) is 66.1 Å². The third-order valence-electron chi connectivity index (χ3n) is 4.27. The van der Waals surface area contributed by atoms with E-state index in [9.17, 15) is 9.18 Å². The third kappa shape index (κ3) is 4.37. The Labute approximate surface area is 158 Å². The second kappa shape index (κ2) is 8.08. The van der Waals surface area contributed by atoms with E-state index in [1.165, 1.54) is 12.1 Å². The molecule has 0 radical (unpaired) electrons. The van der Waals surface area contributed by atoms with E-state index in [-0.39, 0.29) is 11.7 Å². The molecule has 0 spiro atoms. The van der Waals surface area contributed by atoms with Crippen molar-refractivity contribution in [3.8, 4) is 28.1 Å². The van der Waals surface area contributed by atoms with E-state index >= 15 is 0 Å². The van der Waals surface area contributed by atoms with Gasteiger partial charge in [-0.05, 0) is 59.5 Å². The summed E-state index contributed by atoms with van der Waals surface area (Å²) in [4.78, 5) is 15.9. The van der Waals surface area contributed by atoms with E-state index < -0.39 is 0 Å². The molecule has 3 rings (SSSR count). The fourth-order valence-electron chi connectivity index (χ4n) is 2.80. The Kier molecular flexibility index (Phi) is 5.60. The highest BCUT2D eigenvalue weighted by molar-refractivity contribution is 6.00. The smallest absolute Gasteiger partial charge is 0.268 e. The number of amides is 1. The molecular formula is C22H23FN2O2. The van der Waals surface area contributed by atoms with Crippen molar-refractivity contribution in [1.29, 1.82) is 0 Å². The molecule has 0 aliphatic carbocycles. The van der Waals surface area contributed by atoms with E-state index in [2.05, 4.69) is 10.3 Å². The number of halogens is 1. The first-order chi connectivity index (χ1) is 13.0. The summed E-state index contributed by atoms with van der Waals surface area (Å²) < 4.78 is 18.5. The highest BCUT2D eigenvalue weighted by Gasteiger charge is 2.18. The Morgan fingerprint density at radius 1 is 1.07 bits per heavy atom. The molecule has 0 fully saturated rings. The number of ether oxygens (including phenoxy) is 1. The van der Waals surface area contributed by atoms with Crippen LogP contribution in [0.15, 0.2) is 54.6 Å². The van der Waals surface area contributed by atoms with E-state index in [4.69, 9.17) is 4.74 Å². The largest absolute Gasteiger partial charge is 0.497 e. The van der Waals surface area contributed by atoms with E-state index in [0.29, 0.717) is 18.2 Å². The molecule has 140 valence electrons. The molecule has 0 unspecified atom stereocenters. The Morgan fingerprint density at radius 2 is 1.70 bits per heavy atom. The van der Waals surface area contributed by atoms with Gasteiger partial charge in [0.25, 0.3) is 5.91 Å². The standard InChI is InChI=1S/C22H23FN2O2/c1-14(2)13-24-22(26)21-19(15-6-10-18(27-3)11-7-15)12-20(25-21)16-4-8-17(23)9-5-16/h4-12,14,25H,13H2,1-3H3,(H,24,26). The van der Waals surface area contributed by atoms with Crippen LogP contribution in [0.4, 0.5) is 4.39 Å². The molecule has 0 saturated heterocycles. The number of hydrogen-bond donors (Lipinski definition) is 2. The van der Waals surface area contributed by atoms with Crippen molar-refractivity contribution in [2.45, 2.75) is 13.8 Å². The van der Waals surface area contributed by atoms with Crippen LogP contribution in [-0.2, 0) is 0 Å². The number of benzene rings is 2. The van der Waals surface area contributed by atoms with Gasteiger partial charge in [-0.2, -0.15) is 0 Å². The highest BCUT2D eigenvalue weighted by Crippen LogP contribution is 2.31. The van der Waals surface area contributed by atoms with Crippen LogP contribution in [0.1, 0.15) is 24.3 Å². The van der Waals surface area contributed by atoms with Crippen LogP contribution in [0.2, 0.25) is 0 Å². The molecule has 1 heterocycles. The predicted molar refractivity (Wildman–Crippen MR) is 105 cm³/mol. The summed E-state index contributed by atoms with van der Waals surface area (Å²) in [5.41, 5.74) is 3.75. The summed E-state index contributed by atoms with van der Waals surface area (Å²) in [6.45, 7) is 4.68. The minimum absolute atomic E-state index is 0.164. The average Bonchev–Trinajstić information content (AvgIpc) is 3.12. The Balaban J connectivity index is 2.02. The fraction of sp³-hybridized carbons (Fsp3) is 0.227. The number of H-pyrrole nitrogens is 1.